The zero-order valence-corrected chi connectivity index (χ0v) is 12.8. The van der Waals surface area contributed by atoms with Gasteiger partial charge in [0.25, 0.3) is 5.88 Å². The van der Waals surface area contributed by atoms with Crippen molar-refractivity contribution in [1.29, 1.82) is 0 Å². The van der Waals surface area contributed by atoms with Gasteiger partial charge in [-0.3, -0.25) is 10.1 Å². The highest BCUT2D eigenvalue weighted by Gasteiger charge is 2.16. The van der Waals surface area contributed by atoms with Crippen LogP contribution in [0.4, 0.5) is 10.5 Å². The summed E-state index contributed by atoms with van der Waals surface area (Å²) in [6.45, 7) is 5.30. The minimum Gasteiger partial charge on any atom is -0.476 e. The number of rotatable bonds is 3. The highest BCUT2D eigenvalue weighted by Crippen LogP contribution is 2.23. The minimum absolute atomic E-state index is 0.0503. The van der Waals surface area contributed by atoms with Crippen LogP contribution in [-0.2, 0) is 4.74 Å². The molecule has 0 aliphatic carbocycles. The number of nitrogens with one attached hydrogen (secondary N) is 1. The number of methoxy groups -OCH3 is 1. The first-order valence-corrected chi connectivity index (χ1v) is 6.37. The predicted octanol–water partition coefficient (Wildman–Crippen LogP) is 1.87. The fourth-order valence-electron chi connectivity index (χ4n) is 1.37. The van der Waals surface area contributed by atoms with E-state index in [4.69, 9.17) is 9.47 Å². The van der Waals surface area contributed by atoms with Crippen LogP contribution >= 0.6 is 0 Å². The number of aromatic nitrogens is 1. The van der Waals surface area contributed by atoms with E-state index in [1.807, 2.05) is 0 Å². The van der Waals surface area contributed by atoms with Crippen molar-refractivity contribution in [1.82, 2.24) is 10.3 Å². The van der Waals surface area contributed by atoms with Crippen molar-refractivity contribution in [2.45, 2.75) is 26.4 Å². The number of hydrogen-bond acceptors (Lipinski definition) is 6. The number of ether oxygens (including phenoxy) is 2. The molecular weight excluding hydrogens is 290 g/mol. The Morgan fingerprint density at radius 3 is 2.73 bits per heavy atom. The zero-order valence-electron chi connectivity index (χ0n) is 12.8. The van der Waals surface area contributed by atoms with Crippen LogP contribution < -0.4 is 10.1 Å². The van der Waals surface area contributed by atoms with Gasteiger partial charge in [0.15, 0.2) is 0 Å². The van der Waals surface area contributed by atoms with E-state index in [0.717, 1.165) is 0 Å². The molecule has 0 saturated heterocycles. The highest BCUT2D eigenvalue weighted by atomic mass is 16.6. The Labute approximate surface area is 128 Å². The summed E-state index contributed by atoms with van der Waals surface area (Å²) < 4.78 is 9.83. The number of hydrogen-bond donors (Lipinski definition) is 1. The molecule has 1 aromatic heterocycles. The fourth-order valence-corrected chi connectivity index (χ4v) is 1.37. The van der Waals surface area contributed by atoms with Crippen molar-refractivity contribution in [2.24, 2.45) is 0 Å². The van der Waals surface area contributed by atoms with E-state index < -0.39 is 16.6 Å². The lowest BCUT2D eigenvalue weighted by Crippen LogP contribution is -2.32. The molecule has 8 heteroatoms. The summed E-state index contributed by atoms with van der Waals surface area (Å²) >= 11 is 0. The molecule has 8 nitrogen and oxygen atoms in total. The third-order valence-corrected chi connectivity index (χ3v) is 2.17. The van der Waals surface area contributed by atoms with Crippen LogP contribution in [0.2, 0.25) is 0 Å². The molecule has 1 heterocycles. The van der Waals surface area contributed by atoms with Gasteiger partial charge in [0.2, 0.25) is 0 Å². The first-order chi connectivity index (χ1) is 10.2. The molecule has 118 valence electrons. The number of nitro groups is 1. The number of nitrogens with zero attached hydrogens (tertiary/aromatic N) is 2. The quantitative estimate of drug-likeness (QED) is 0.519. The van der Waals surface area contributed by atoms with Gasteiger partial charge in [-0.05, 0) is 20.8 Å². The number of amides is 1. The second-order valence-electron chi connectivity index (χ2n) is 5.17. The Morgan fingerprint density at radius 2 is 2.18 bits per heavy atom. The van der Waals surface area contributed by atoms with E-state index in [1.54, 1.807) is 20.8 Å². The molecule has 1 rings (SSSR count). The summed E-state index contributed by atoms with van der Waals surface area (Å²) in [6.07, 6.45) is 0.771. The Balaban J connectivity index is 2.67. The molecule has 0 spiro atoms. The maximum atomic E-state index is 11.4. The smallest absolute Gasteiger partial charge is 0.408 e. The van der Waals surface area contributed by atoms with Gasteiger partial charge in [0.1, 0.15) is 5.60 Å². The second kappa shape index (κ2) is 7.26. The third kappa shape index (κ3) is 5.66. The number of alkyl carbamates (subject to hydrolysis) is 1. The van der Waals surface area contributed by atoms with Gasteiger partial charge < -0.3 is 14.8 Å². The lowest BCUT2D eigenvalue weighted by atomic mass is 10.2. The van der Waals surface area contributed by atoms with Crippen molar-refractivity contribution in [3.63, 3.8) is 0 Å². The summed E-state index contributed by atoms with van der Waals surface area (Å²) in [7, 11) is 1.30. The van der Waals surface area contributed by atoms with Crippen molar-refractivity contribution >= 4 is 11.8 Å². The Bertz CT molecular complexity index is 626. The zero-order chi connectivity index (χ0) is 16.8. The van der Waals surface area contributed by atoms with Crippen molar-refractivity contribution in [3.05, 3.63) is 27.9 Å². The van der Waals surface area contributed by atoms with Crippen molar-refractivity contribution < 1.29 is 19.2 Å². The molecule has 0 radical (unpaired) electrons. The average molecular weight is 307 g/mol. The molecule has 0 bridgehead atoms. The summed E-state index contributed by atoms with van der Waals surface area (Å²) in [5.74, 6) is 5.24. The van der Waals surface area contributed by atoms with Gasteiger partial charge in [-0.15, -0.1) is 0 Å². The monoisotopic (exact) mass is 307 g/mol. The Kier molecular flexibility index (Phi) is 5.69. The van der Waals surface area contributed by atoms with Crippen LogP contribution in [-0.4, -0.2) is 35.3 Å². The molecule has 0 unspecified atom stereocenters. The van der Waals surface area contributed by atoms with Gasteiger partial charge in [0, 0.05) is 12.3 Å². The normalized spacial score (nSPS) is 10.2. The van der Waals surface area contributed by atoms with Crippen LogP contribution in [0.3, 0.4) is 0 Å². The van der Waals surface area contributed by atoms with Crippen LogP contribution in [0.5, 0.6) is 5.88 Å². The summed E-state index contributed by atoms with van der Waals surface area (Å²) in [6, 6.07) is 1.26. The van der Waals surface area contributed by atoms with Gasteiger partial charge >= 0.3 is 11.8 Å². The molecule has 22 heavy (non-hydrogen) atoms. The van der Waals surface area contributed by atoms with Gasteiger partial charge in [-0.2, -0.15) is 0 Å². The summed E-state index contributed by atoms with van der Waals surface area (Å²) in [5, 5.41) is 13.3. The molecular formula is C14H17N3O5. The summed E-state index contributed by atoms with van der Waals surface area (Å²) in [5.41, 5.74) is -0.509. The SMILES string of the molecule is COc1ncc(C#CCNC(=O)OC(C)(C)C)cc1[N+](=O)[O-]. The molecule has 1 aromatic rings. The third-order valence-electron chi connectivity index (χ3n) is 2.17. The molecule has 1 amide bonds. The van der Waals surface area contributed by atoms with E-state index in [9.17, 15) is 14.9 Å². The lowest BCUT2D eigenvalue weighted by Gasteiger charge is -2.18. The van der Waals surface area contributed by atoms with Crippen molar-refractivity contribution in [2.75, 3.05) is 13.7 Å². The maximum Gasteiger partial charge on any atom is 0.408 e. The van der Waals surface area contributed by atoms with Crippen molar-refractivity contribution in [3.8, 4) is 17.7 Å². The molecule has 0 aromatic carbocycles. The van der Waals surface area contributed by atoms with E-state index >= 15 is 0 Å². The van der Waals surface area contributed by atoms with E-state index in [-0.39, 0.29) is 18.1 Å². The molecule has 0 saturated carbocycles. The minimum atomic E-state index is -0.601. The van der Waals surface area contributed by atoms with Gasteiger partial charge in [-0.25, -0.2) is 9.78 Å². The molecule has 0 aliphatic rings. The highest BCUT2D eigenvalue weighted by molar-refractivity contribution is 5.68. The van der Waals surface area contributed by atoms with E-state index in [2.05, 4.69) is 22.1 Å². The average Bonchev–Trinajstić information content (AvgIpc) is 2.41. The van der Waals surface area contributed by atoms with Crippen LogP contribution in [0.1, 0.15) is 26.3 Å². The van der Waals surface area contributed by atoms with Gasteiger partial charge in [0.05, 0.1) is 24.1 Å². The van der Waals surface area contributed by atoms with E-state index in [0.29, 0.717) is 5.56 Å². The Hall–Kier alpha value is -2.82. The van der Waals surface area contributed by atoms with Crippen LogP contribution in [0.15, 0.2) is 12.3 Å². The van der Waals surface area contributed by atoms with Gasteiger partial charge in [-0.1, -0.05) is 11.8 Å². The molecule has 0 fully saturated rings. The maximum absolute atomic E-state index is 11.4. The number of carbonyl (C=O) groups excluding carboxylic acids is 1. The molecule has 0 atom stereocenters. The lowest BCUT2D eigenvalue weighted by molar-refractivity contribution is -0.386. The standard InChI is InChI=1S/C14H17N3O5/c1-14(2,3)22-13(18)15-7-5-6-10-8-11(17(19)20)12(21-4)16-9-10/h8-9H,7H2,1-4H3,(H,15,18). The fraction of sp³-hybridized carbons (Fsp3) is 0.429. The van der Waals surface area contributed by atoms with Crippen LogP contribution in [0.25, 0.3) is 0 Å². The number of carbonyl (C=O) groups is 1. The first-order valence-electron chi connectivity index (χ1n) is 6.37. The van der Waals surface area contributed by atoms with Crippen LogP contribution in [0, 0.1) is 22.0 Å². The summed E-state index contributed by atoms with van der Waals surface area (Å²) in [4.78, 5) is 25.4. The van der Waals surface area contributed by atoms with E-state index in [1.165, 1.54) is 19.4 Å². The number of pyridine rings is 1. The molecule has 0 aliphatic heterocycles. The predicted molar refractivity (Wildman–Crippen MR) is 78.6 cm³/mol. The first kappa shape index (κ1) is 17.2. The topological polar surface area (TPSA) is 104 Å². The largest absolute Gasteiger partial charge is 0.476 e. The second-order valence-corrected chi connectivity index (χ2v) is 5.17. The Morgan fingerprint density at radius 1 is 1.50 bits per heavy atom. The molecule has 1 N–H and O–H groups in total.